The summed E-state index contributed by atoms with van der Waals surface area (Å²) in [5, 5.41) is 3.15. The standard InChI is InChI=1S/C32H36N2O/c1-22-30-19-27-14-15-28(18-29(27)32(22,2)16-17-34(30)21-24-8-9-24)31(35)33-20-23-10-12-26(13-11-23)25-6-4-3-5-7-25/h3-7,10-15,18,22,24,30H,8-9,16-17,19-21H2,1-2H3,(H,33,35). The van der Waals surface area contributed by atoms with Gasteiger partial charge in [0.2, 0.25) is 0 Å². The van der Waals surface area contributed by atoms with Crippen LogP contribution in [0.25, 0.3) is 11.1 Å². The molecule has 3 aliphatic rings. The smallest absolute Gasteiger partial charge is 0.251 e. The topological polar surface area (TPSA) is 32.3 Å². The number of benzene rings is 3. The Morgan fingerprint density at radius 2 is 1.74 bits per heavy atom. The van der Waals surface area contributed by atoms with Gasteiger partial charge in [-0.3, -0.25) is 9.69 Å². The van der Waals surface area contributed by atoms with Gasteiger partial charge in [-0.15, -0.1) is 0 Å². The first-order valence-electron chi connectivity index (χ1n) is 13.3. The average Bonchev–Trinajstić information content (AvgIpc) is 3.71. The largest absolute Gasteiger partial charge is 0.348 e. The Bertz CT molecular complexity index is 1210. The van der Waals surface area contributed by atoms with Crippen LogP contribution in [0.2, 0.25) is 0 Å². The maximum atomic E-state index is 13.1. The fraction of sp³-hybridized carbons (Fsp3) is 0.406. The molecule has 1 heterocycles. The molecule has 1 aliphatic heterocycles. The van der Waals surface area contributed by atoms with Gasteiger partial charge in [0.25, 0.3) is 5.91 Å². The molecule has 35 heavy (non-hydrogen) atoms. The number of piperidine rings is 1. The highest BCUT2D eigenvalue weighted by atomic mass is 16.1. The molecule has 2 aliphatic carbocycles. The lowest BCUT2D eigenvalue weighted by molar-refractivity contribution is 0.0284. The number of hydrogen-bond acceptors (Lipinski definition) is 2. The van der Waals surface area contributed by atoms with Crippen molar-refractivity contribution in [3.63, 3.8) is 0 Å². The monoisotopic (exact) mass is 464 g/mol. The third-order valence-electron chi connectivity index (χ3n) is 9.09. The highest BCUT2D eigenvalue weighted by molar-refractivity contribution is 5.94. The van der Waals surface area contributed by atoms with Crippen molar-refractivity contribution in [2.45, 2.75) is 57.5 Å². The normalized spacial score (nSPS) is 25.7. The van der Waals surface area contributed by atoms with Gasteiger partial charge < -0.3 is 5.32 Å². The SMILES string of the molecule is CC1C2Cc3ccc(C(=O)NCc4ccc(-c5ccccc5)cc4)cc3C1(C)CCN2CC1CC1. The maximum Gasteiger partial charge on any atom is 0.251 e. The Labute approximate surface area is 209 Å². The van der Waals surface area contributed by atoms with Gasteiger partial charge in [0.05, 0.1) is 0 Å². The van der Waals surface area contributed by atoms with Crippen molar-refractivity contribution in [2.75, 3.05) is 13.1 Å². The van der Waals surface area contributed by atoms with Gasteiger partial charge in [-0.05, 0) is 89.4 Å². The van der Waals surface area contributed by atoms with Crippen molar-refractivity contribution < 1.29 is 4.79 Å². The van der Waals surface area contributed by atoms with E-state index in [1.807, 2.05) is 12.1 Å². The number of carbonyl (C=O) groups excluding carboxylic acids is 1. The van der Waals surface area contributed by atoms with Crippen LogP contribution in [0.3, 0.4) is 0 Å². The second-order valence-corrected chi connectivity index (χ2v) is 11.3. The molecule has 3 unspecified atom stereocenters. The minimum absolute atomic E-state index is 0.0180. The molecule has 1 N–H and O–H groups in total. The summed E-state index contributed by atoms with van der Waals surface area (Å²) in [5.74, 6) is 1.57. The van der Waals surface area contributed by atoms with Crippen molar-refractivity contribution >= 4 is 5.91 Å². The highest BCUT2D eigenvalue weighted by Gasteiger charge is 2.49. The lowest BCUT2D eigenvalue weighted by Gasteiger charge is -2.55. The summed E-state index contributed by atoms with van der Waals surface area (Å²) in [6.07, 6.45) is 5.14. The summed E-state index contributed by atoms with van der Waals surface area (Å²) in [6.45, 7) is 7.90. The molecule has 1 amide bonds. The Hall–Kier alpha value is -2.91. The molecule has 6 rings (SSSR count). The van der Waals surface area contributed by atoms with Crippen LogP contribution >= 0.6 is 0 Å². The number of likely N-dealkylation sites (tertiary alicyclic amines) is 1. The summed E-state index contributed by atoms with van der Waals surface area (Å²) < 4.78 is 0. The Morgan fingerprint density at radius 1 is 1.00 bits per heavy atom. The zero-order chi connectivity index (χ0) is 24.0. The number of hydrogen-bond donors (Lipinski definition) is 1. The van der Waals surface area contributed by atoms with Gasteiger partial charge in [0.1, 0.15) is 0 Å². The van der Waals surface area contributed by atoms with E-state index in [1.165, 1.54) is 54.6 Å². The van der Waals surface area contributed by atoms with E-state index in [1.54, 1.807) is 0 Å². The molecule has 3 atom stereocenters. The number of nitrogens with one attached hydrogen (secondary N) is 1. The number of fused-ring (bicyclic) bond motifs is 4. The van der Waals surface area contributed by atoms with Gasteiger partial charge in [0, 0.05) is 24.7 Å². The van der Waals surface area contributed by atoms with Gasteiger partial charge in [0.15, 0.2) is 0 Å². The van der Waals surface area contributed by atoms with E-state index in [-0.39, 0.29) is 11.3 Å². The van der Waals surface area contributed by atoms with Crippen LogP contribution in [-0.2, 0) is 18.4 Å². The van der Waals surface area contributed by atoms with E-state index in [9.17, 15) is 4.79 Å². The van der Waals surface area contributed by atoms with Crippen molar-refractivity contribution in [1.29, 1.82) is 0 Å². The molecule has 180 valence electrons. The fourth-order valence-electron chi connectivity index (χ4n) is 6.44. The second-order valence-electron chi connectivity index (χ2n) is 11.3. The quantitative estimate of drug-likeness (QED) is 0.470. The van der Waals surface area contributed by atoms with Gasteiger partial charge in [-0.2, -0.15) is 0 Å². The number of carbonyl (C=O) groups is 1. The number of amides is 1. The van der Waals surface area contributed by atoms with Crippen LogP contribution in [0.5, 0.6) is 0 Å². The third kappa shape index (κ3) is 4.31. The summed E-state index contributed by atoms with van der Waals surface area (Å²) in [6, 6.07) is 26.0. The summed E-state index contributed by atoms with van der Waals surface area (Å²) in [5.41, 5.74) is 7.32. The van der Waals surface area contributed by atoms with E-state index in [4.69, 9.17) is 0 Å². The van der Waals surface area contributed by atoms with Crippen molar-refractivity contribution in [3.8, 4) is 11.1 Å². The molecule has 3 aromatic carbocycles. The summed E-state index contributed by atoms with van der Waals surface area (Å²) in [4.78, 5) is 15.9. The lowest BCUT2D eigenvalue weighted by atomic mass is 9.59. The lowest BCUT2D eigenvalue weighted by Crippen LogP contribution is -2.58. The van der Waals surface area contributed by atoms with E-state index < -0.39 is 0 Å². The summed E-state index contributed by atoms with van der Waals surface area (Å²) >= 11 is 0. The molecule has 0 spiro atoms. The maximum absolute atomic E-state index is 13.1. The molecule has 1 saturated carbocycles. The van der Waals surface area contributed by atoms with Crippen molar-refractivity contribution in [1.82, 2.24) is 10.2 Å². The van der Waals surface area contributed by atoms with Gasteiger partial charge in [-0.25, -0.2) is 0 Å². The Kier molecular flexibility index (Phi) is 5.76. The van der Waals surface area contributed by atoms with Crippen LogP contribution < -0.4 is 5.32 Å². The van der Waals surface area contributed by atoms with Crippen LogP contribution in [-0.4, -0.2) is 29.9 Å². The van der Waals surface area contributed by atoms with E-state index in [0.29, 0.717) is 18.5 Å². The molecule has 0 aromatic heterocycles. The first kappa shape index (κ1) is 22.5. The molecular formula is C32H36N2O. The molecule has 1 saturated heterocycles. The highest BCUT2D eigenvalue weighted by Crippen LogP contribution is 2.49. The van der Waals surface area contributed by atoms with Crippen molar-refractivity contribution in [2.24, 2.45) is 11.8 Å². The molecule has 3 nitrogen and oxygen atoms in total. The molecule has 0 radical (unpaired) electrons. The van der Waals surface area contributed by atoms with Crippen LogP contribution in [0.4, 0.5) is 0 Å². The van der Waals surface area contributed by atoms with Crippen LogP contribution in [0, 0.1) is 11.8 Å². The van der Waals surface area contributed by atoms with Gasteiger partial charge in [-0.1, -0.05) is 74.5 Å². The summed E-state index contributed by atoms with van der Waals surface area (Å²) in [7, 11) is 0. The Morgan fingerprint density at radius 3 is 2.49 bits per heavy atom. The van der Waals surface area contributed by atoms with Gasteiger partial charge >= 0.3 is 0 Å². The van der Waals surface area contributed by atoms with Crippen LogP contribution in [0.1, 0.15) is 60.2 Å². The number of nitrogens with zero attached hydrogens (tertiary/aromatic N) is 1. The second kappa shape index (κ2) is 8.95. The molecule has 3 aromatic rings. The van der Waals surface area contributed by atoms with E-state index in [0.717, 1.165) is 23.5 Å². The zero-order valence-corrected chi connectivity index (χ0v) is 21.0. The average molecular weight is 465 g/mol. The Balaban J connectivity index is 1.15. The van der Waals surface area contributed by atoms with Crippen molar-refractivity contribution in [3.05, 3.63) is 95.1 Å². The van der Waals surface area contributed by atoms with E-state index >= 15 is 0 Å². The number of rotatable bonds is 6. The zero-order valence-electron chi connectivity index (χ0n) is 21.0. The predicted octanol–water partition coefficient (Wildman–Crippen LogP) is 6.22. The fourth-order valence-corrected chi connectivity index (χ4v) is 6.44. The minimum Gasteiger partial charge on any atom is -0.348 e. The van der Waals surface area contributed by atoms with Crippen LogP contribution in [0.15, 0.2) is 72.8 Å². The molecular weight excluding hydrogens is 428 g/mol. The molecule has 2 fully saturated rings. The first-order valence-corrected chi connectivity index (χ1v) is 13.3. The third-order valence-corrected chi connectivity index (χ3v) is 9.09. The molecule has 3 heteroatoms. The first-order chi connectivity index (χ1) is 17.0. The predicted molar refractivity (Wildman–Crippen MR) is 142 cm³/mol. The van der Waals surface area contributed by atoms with E-state index in [2.05, 4.69) is 84.7 Å². The minimum atomic E-state index is 0.0180. The molecule has 2 bridgehead atoms.